The van der Waals surface area contributed by atoms with Gasteiger partial charge in [-0.1, -0.05) is 81.4 Å². The molecule has 1 aliphatic rings. The Labute approximate surface area is 175 Å². The van der Waals surface area contributed by atoms with E-state index in [1.807, 2.05) is 36.4 Å². The van der Waals surface area contributed by atoms with E-state index in [0.717, 1.165) is 6.26 Å². The van der Waals surface area contributed by atoms with Crippen LogP contribution in [0.5, 0.6) is 0 Å². The Hall–Kier alpha value is -1.51. The molecule has 29 heavy (non-hydrogen) atoms. The fourth-order valence-electron chi connectivity index (χ4n) is 4.09. The third kappa shape index (κ3) is 4.98. The minimum atomic E-state index is -3.55. The highest BCUT2D eigenvalue weighted by Gasteiger charge is 2.51. The molecule has 1 fully saturated rings. The summed E-state index contributed by atoms with van der Waals surface area (Å²) >= 11 is 0. The van der Waals surface area contributed by atoms with Gasteiger partial charge in [-0.3, -0.25) is 4.18 Å². The minimum Gasteiger partial charge on any atom is -0.405 e. The van der Waals surface area contributed by atoms with Crippen LogP contribution < -0.4 is 10.4 Å². The summed E-state index contributed by atoms with van der Waals surface area (Å²) in [6.07, 6.45) is 0.697. The van der Waals surface area contributed by atoms with Crippen molar-refractivity contribution < 1.29 is 21.8 Å². The molecule has 2 aromatic carbocycles. The normalized spacial score (nSPS) is 20.7. The molecule has 0 bridgehead atoms. The van der Waals surface area contributed by atoms with Crippen LogP contribution in [0.2, 0.25) is 5.04 Å². The highest BCUT2D eigenvalue weighted by atomic mass is 32.2. The summed E-state index contributed by atoms with van der Waals surface area (Å²) in [5.41, 5.74) is 0. The molecule has 0 N–H and O–H groups in total. The average molecular weight is 435 g/mol. The summed E-state index contributed by atoms with van der Waals surface area (Å²) in [7, 11) is -6.24. The fraction of sp³-hybridized carbons (Fsp3) is 0.455. The van der Waals surface area contributed by atoms with Gasteiger partial charge in [0.2, 0.25) is 0 Å². The largest absolute Gasteiger partial charge is 0.405 e. The van der Waals surface area contributed by atoms with Gasteiger partial charge in [-0.2, -0.15) is 8.42 Å². The third-order valence-corrected chi connectivity index (χ3v) is 10.9. The average Bonchev–Trinajstić information content (AvgIpc) is 3.08. The second kappa shape index (κ2) is 8.69. The Kier molecular flexibility index (Phi) is 6.65. The van der Waals surface area contributed by atoms with E-state index in [2.05, 4.69) is 45.0 Å². The van der Waals surface area contributed by atoms with Crippen molar-refractivity contribution in [2.45, 2.75) is 44.4 Å². The van der Waals surface area contributed by atoms with Gasteiger partial charge in [0, 0.05) is 13.0 Å². The van der Waals surface area contributed by atoms with Crippen LogP contribution in [0, 0.1) is 0 Å². The van der Waals surface area contributed by atoms with E-state index in [1.165, 1.54) is 10.4 Å². The van der Waals surface area contributed by atoms with Crippen LogP contribution in [-0.2, 0) is 23.5 Å². The maximum atomic E-state index is 11.6. The number of hydrogen-bond acceptors (Lipinski definition) is 5. The lowest BCUT2D eigenvalue weighted by Gasteiger charge is -2.43. The number of benzene rings is 2. The first-order chi connectivity index (χ1) is 13.6. The lowest BCUT2D eigenvalue weighted by Crippen LogP contribution is -2.67. The molecule has 0 aromatic heterocycles. The zero-order valence-corrected chi connectivity index (χ0v) is 19.3. The van der Waals surface area contributed by atoms with Crippen molar-refractivity contribution in [1.82, 2.24) is 0 Å². The minimum absolute atomic E-state index is 0.151. The van der Waals surface area contributed by atoms with Gasteiger partial charge in [0.1, 0.15) is 12.2 Å². The quantitative estimate of drug-likeness (QED) is 0.495. The van der Waals surface area contributed by atoms with Crippen LogP contribution in [0.1, 0.15) is 27.2 Å². The number of rotatable bonds is 7. The molecular formula is C22H30O5SSi. The predicted molar refractivity (Wildman–Crippen MR) is 118 cm³/mol. The summed E-state index contributed by atoms with van der Waals surface area (Å²) in [4.78, 5) is 0. The van der Waals surface area contributed by atoms with Gasteiger partial charge < -0.3 is 9.16 Å². The Morgan fingerprint density at radius 2 is 1.52 bits per heavy atom. The lowest BCUT2D eigenvalue weighted by molar-refractivity contribution is 0.0197. The molecule has 0 saturated carbocycles. The first-order valence-electron chi connectivity index (χ1n) is 9.88. The van der Waals surface area contributed by atoms with Gasteiger partial charge >= 0.3 is 0 Å². The maximum absolute atomic E-state index is 11.6. The van der Waals surface area contributed by atoms with Crippen LogP contribution in [0.25, 0.3) is 0 Å². The zero-order valence-electron chi connectivity index (χ0n) is 17.5. The van der Waals surface area contributed by atoms with Crippen molar-refractivity contribution in [3.8, 4) is 0 Å². The Balaban J connectivity index is 1.98. The van der Waals surface area contributed by atoms with E-state index >= 15 is 0 Å². The highest BCUT2D eigenvalue weighted by Crippen LogP contribution is 2.37. The number of hydrogen-bond donors (Lipinski definition) is 0. The van der Waals surface area contributed by atoms with Crippen molar-refractivity contribution in [3.05, 3.63) is 60.7 Å². The van der Waals surface area contributed by atoms with Crippen LogP contribution in [0.4, 0.5) is 0 Å². The first-order valence-corrected chi connectivity index (χ1v) is 13.6. The van der Waals surface area contributed by atoms with Crippen molar-refractivity contribution in [2.75, 3.05) is 19.5 Å². The maximum Gasteiger partial charge on any atom is 0.264 e. The van der Waals surface area contributed by atoms with Gasteiger partial charge in [-0.25, -0.2) is 0 Å². The standard InChI is InChI=1S/C22H30O5SSi/c1-22(2,3)29(18-11-7-5-8-12-18,19-13-9-6-10-14-19)26-17-21-20(15-16-25-21)27-28(4,23)24/h5-14,20-21H,15-17H2,1-4H3/t20-,21-/m1/s1. The molecule has 1 heterocycles. The van der Waals surface area contributed by atoms with Crippen LogP contribution in [-0.4, -0.2) is 48.4 Å². The Bertz CT molecular complexity index is 854. The summed E-state index contributed by atoms with van der Waals surface area (Å²) in [6, 6.07) is 20.7. The van der Waals surface area contributed by atoms with Crippen LogP contribution in [0.15, 0.2) is 60.7 Å². The predicted octanol–water partition coefficient (Wildman–Crippen LogP) is 2.70. The van der Waals surface area contributed by atoms with Gasteiger partial charge in [0.25, 0.3) is 18.4 Å². The summed E-state index contributed by atoms with van der Waals surface area (Å²) in [5.74, 6) is 0. The second-order valence-corrected chi connectivity index (χ2v) is 14.4. The Morgan fingerprint density at radius 1 is 1.00 bits per heavy atom. The smallest absolute Gasteiger partial charge is 0.264 e. The van der Waals surface area contributed by atoms with Crippen molar-refractivity contribution in [1.29, 1.82) is 0 Å². The lowest BCUT2D eigenvalue weighted by atomic mass is 10.2. The van der Waals surface area contributed by atoms with Crippen molar-refractivity contribution in [2.24, 2.45) is 0 Å². The SMILES string of the molecule is CC(C)(C)[Si](OC[C@H]1OCC[C@H]1OS(C)(=O)=O)(c1ccccc1)c1ccccc1. The second-order valence-electron chi connectivity index (χ2n) is 8.51. The molecule has 0 amide bonds. The molecule has 0 radical (unpaired) electrons. The molecule has 0 spiro atoms. The van der Waals surface area contributed by atoms with Gasteiger partial charge in [0.15, 0.2) is 0 Å². The molecule has 1 saturated heterocycles. The molecule has 2 aromatic rings. The molecule has 0 aliphatic carbocycles. The molecule has 3 rings (SSSR count). The van der Waals surface area contributed by atoms with Crippen LogP contribution in [0.3, 0.4) is 0 Å². The van der Waals surface area contributed by atoms with Crippen molar-refractivity contribution >= 4 is 28.8 Å². The van der Waals surface area contributed by atoms with E-state index < -0.39 is 30.6 Å². The molecule has 5 nitrogen and oxygen atoms in total. The molecule has 1 aliphatic heterocycles. The zero-order chi connectivity index (χ0) is 21.1. The summed E-state index contributed by atoms with van der Waals surface area (Å²) in [5, 5.41) is 2.20. The fourth-order valence-corrected chi connectivity index (χ4v) is 9.33. The third-order valence-electron chi connectivity index (χ3n) is 5.33. The van der Waals surface area contributed by atoms with E-state index in [-0.39, 0.29) is 11.6 Å². The molecule has 158 valence electrons. The highest BCUT2D eigenvalue weighted by molar-refractivity contribution is 7.86. The summed E-state index contributed by atoms with van der Waals surface area (Å²) < 4.78 is 41.1. The molecule has 2 atom stereocenters. The molecular weight excluding hydrogens is 404 g/mol. The van der Waals surface area contributed by atoms with Gasteiger partial charge in [0.05, 0.1) is 12.9 Å². The topological polar surface area (TPSA) is 61.8 Å². The van der Waals surface area contributed by atoms with Crippen molar-refractivity contribution in [3.63, 3.8) is 0 Å². The van der Waals surface area contributed by atoms with E-state index in [1.54, 1.807) is 0 Å². The van der Waals surface area contributed by atoms with E-state index in [9.17, 15) is 8.42 Å². The van der Waals surface area contributed by atoms with E-state index in [0.29, 0.717) is 13.0 Å². The first kappa shape index (κ1) is 22.2. The van der Waals surface area contributed by atoms with E-state index in [4.69, 9.17) is 13.3 Å². The van der Waals surface area contributed by atoms with Crippen LogP contribution >= 0.6 is 0 Å². The van der Waals surface area contributed by atoms with Gasteiger partial charge in [-0.05, 0) is 15.4 Å². The van der Waals surface area contributed by atoms with Gasteiger partial charge in [-0.15, -0.1) is 0 Å². The monoisotopic (exact) mass is 434 g/mol. The Morgan fingerprint density at radius 3 is 1.97 bits per heavy atom. The molecule has 0 unspecified atom stereocenters. The summed E-state index contributed by atoms with van der Waals surface area (Å²) in [6.45, 7) is 7.38. The molecule has 7 heteroatoms. The number of ether oxygens (including phenoxy) is 1.